The summed E-state index contributed by atoms with van der Waals surface area (Å²) in [4.78, 5) is 0. The van der Waals surface area contributed by atoms with Crippen LogP contribution in [0.4, 0.5) is 0 Å². The summed E-state index contributed by atoms with van der Waals surface area (Å²) >= 11 is 0. The van der Waals surface area contributed by atoms with Gasteiger partial charge in [0.2, 0.25) is 0 Å². The minimum Gasteiger partial charge on any atom is -0.385 e. The van der Waals surface area contributed by atoms with Crippen LogP contribution in [0.25, 0.3) is 0 Å². The molecule has 20 heavy (non-hydrogen) atoms. The highest BCUT2D eigenvalue weighted by Gasteiger charge is 2.30. The van der Waals surface area contributed by atoms with Crippen LogP contribution < -0.4 is 0 Å². The molecule has 0 saturated carbocycles. The zero-order valence-corrected chi connectivity index (χ0v) is 13.1. The molecule has 0 saturated heterocycles. The number of aliphatic hydroxyl groups is 1. The van der Waals surface area contributed by atoms with Gasteiger partial charge in [0.05, 0.1) is 5.60 Å². The third kappa shape index (κ3) is 5.13. The minimum absolute atomic E-state index is 0.121. The Morgan fingerprint density at radius 3 is 2.30 bits per heavy atom. The summed E-state index contributed by atoms with van der Waals surface area (Å²) in [5.41, 5.74) is 0.169. The molecule has 1 nitrogen and oxygen atoms in total. The van der Waals surface area contributed by atoms with Gasteiger partial charge in [-0.15, -0.1) is 6.58 Å². The first-order valence-corrected chi connectivity index (χ1v) is 8.03. The maximum absolute atomic E-state index is 10.8. The molecule has 1 aromatic rings. The van der Waals surface area contributed by atoms with Gasteiger partial charge >= 0.3 is 0 Å². The zero-order valence-electron chi connectivity index (χ0n) is 13.1. The Balaban J connectivity index is 2.47. The second kappa shape index (κ2) is 8.97. The van der Waals surface area contributed by atoms with E-state index in [1.807, 2.05) is 43.3 Å². The van der Waals surface area contributed by atoms with Crippen LogP contribution in [0.1, 0.15) is 64.4 Å². The third-order valence-electron chi connectivity index (χ3n) is 4.23. The fourth-order valence-corrected chi connectivity index (χ4v) is 2.76. The minimum atomic E-state index is -0.813. The molecule has 1 heteroatoms. The number of benzene rings is 1. The maximum Gasteiger partial charge on any atom is 0.0930 e. The summed E-state index contributed by atoms with van der Waals surface area (Å²) in [6, 6.07) is 9.94. The Morgan fingerprint density at radius 2 is 1.70 bits per heavy atom. The van der Waals surface area contributed by atoms with E-state index in [0.29, 0.717) is 0 Å². The standard InChI is InChI=1S/C19H30O/c1-4-6-7-8-9-11-14-17(5-2)19(3,20)18-15-12-10-13-16-18/h5,10,12-13,15-17,20H,2,4,6-9,11,14H2,1,3H3. The number of hydrogen-bond acceptors (Lipinski definition) is 1. The first-order valence-electron chi connectivity index (χ1n) is 8.03. The molecular weight excluding hydrogens is 244 g/mol. The van der Waals surface area contributed by atoms with Gasteiger partial charge in [-0.3, -0.25) is 0 Å². The number of unbranched alkanes of at least 4 members (excludes halogenated alkanes) is 5. The molecule has 1 N–H and O–H groups in total. The molecule has 1 aromatic carbocycles. The highest BCUT2D eigenvalue weighted by atomic mass is 16.3. The van der Waals surface area contributed by atoms with Crippen molar-refractivity contribution in [3.05, 3.63) is 48.6 Å². The molecule has 2 atom stereocenters. The molecule has 0 bridgehead atoms. The molecule has 0 aliphatic carbocycles. The van der Waals surface area contributed by atoms with E-state index < -0.39 is 5.60 Å². The van der Waals surface area contributed by atoms with Crippen molar-refractivity contribution in [1.29, 1.82) is 0 Å². The van der Waals surface area contributed by atoms with Crippen molar-refractivity contribution in [2.75, 3.05) is 0 Å². The fourth-order valence-electron chi connectivity index (χ4n) is 2.76. The summed E-state index contributed by atoms with van der Waals surface area (Å²) < 4.78 is 0. The van der Waals surface area contributed by atoms with E-state index in [1.165, 1.54) is 38.5 Å². The summed E-state index contributed by atoms with van der Waals surface area (Å²) in [6.45, 7) is 8.07. The Kier molecular flexibility index (Phi) is 7.61. The van der Waals surface area contributed by atoms with Gasteiger partial charge in [0.15, 0.2) is 0 Å². The largest absolute Gasteiger partial charge is 0.385 e. The Hall–Kier alpha value is -1.08. The van der Waals surface area contributed by atoms with E-state index in [2.05, 4.69) is 13.5 Å². The van der Waals surface area contributed by atoms with Gasteiger partial charge < -0.3 is 5.11 Å². The summed E-state index contributed by atoms with van der Waals surface area (Å²) in [7, 11) is 0. The van der Waals surface area contributed by atoms with Crippen molar-refractivity contribution in [1.82, 2.24) is 0 Å². The van der Waals surface area contributed by atoms with E-state index >= 15 is 0 Å². The zero-order chi connectivity index (χ0) is 14.8. The Bertz CT molecular complexity index is 367. The topological polar surface area (TPSA) is 20.2 Å². The van der Waals surface area contributed by atoms with Gasteiger partial charge in [-0.2, -0.15) is 0 Å². The molecule has 0 fully saturated rings. The molecular formula is C19H30O. The summed E-state index contributed by atoms with van der Waals surface area (Å²) in [5.74, 6) is 0.121. The van der Waals surface area contributed by atoms with Crippen molar-refractivity contribution in [3.8, 4) is 0 Å². The van der Waals surface area contributed by atoms with Crippen molar-refractivity contribution in [2.24, 2.45) is 5.92 Å². The molecule has 112 valence electrons. The van der Waals surface area contributed by atoms with E-state index in [9.17, 15) is 5.11 Å². The van der Waals surface area contributed by atoms with Gasteiger partial charge in [-0.25, -0.2) is 0 Å². The smallest absolute Gasteiger partial charge is 0.0930 e. The molecule has 0 amide bonds. The third-order valence-corrected chi connectivity index (χ3v) is 4.23. The summed E-state index contributed by atoms with van der Waals surface area (Å²) in [5, 5.41) is 10.8. The average molecular weight is 274 g/mol. The lowest BCUT2D eigenvalue weighted by molar-refractivity contribution is 0.00944. The van der Waals surface area contributed by atoms with Gasteiger partial charge in [-0.1, -0.05) is 81.9 Å². The van der Waals surface area contributed by atoms with Crippen molar-refractivity contribution >= 4 is 0 Å². The van der Waals surface area contributed by atoms with Gasteiger partial charge in [-0.05, 0) is 18.9 Å². The van der Waals surface area contributed by atoms with Crippen LogP contribution in [0.5, 0.6) is 0 Å². The second-order valence-electron chi connectivity index (χ2n) is 5.91. The van der Waals surface area contributed by atoms with Crippen LogP contribution in [0.2, 0.25) is 0 Å². The second-order valence-corrected chi connectivity index (χ2v) is 5.91. The van der Waals surface area contributed by atoms with Gasteiger partial charge in [0.1, 0.15) is 0 Å². The first-order chi connectivity index (χ1) is 9.62. The SMILES string of the molecule is C=CC(CCCCCCCC)C(C)(O)c1ccccc1. The fraction of sp³-hybridized carbons (Fsp3) is 0.579. The van der Waals surface area contributed by atoms with Crippen LogP contribution >= 0.6 is 0 Å². The van der Waals surface area contributed by atoms with Crippen LogP contribution in [0.3, 0.4) is 0 Å². The average Bonchev–Trinajstić information content (AvgIpc) is 2.47. The highest BCUT2D eigenvalue weighted by Crippen LogP contribution is 2.33. The van der Waals surface area contributed by atoms with Crippen LogP contribution in [-0.4, -0.2) is 5.11 Å². The molecule has 0 aromatic heterocycles. The predicted molar refractivity (Wildman–Crippen MR) is 87.7 cm³/mol. The molecule has 0 aliphatic heterocycles. The van der Waals surface area contributed by atoms with Crippen molar-refractivity contribution in [3.63, 3.8) is 0 Å². The van der Waals surface area contributed by atoms with Crippen LogP contribution in [0, 0.1) is 5.92 Å². The number of rotatable bonds is 10. The molecule has 0 radical (unpaired) electrons. The van der Waals surface area contributed by atoms with Gasteiger partial charge in [0.25, 0.3) is 0 Å². The van der Waals surface area contributed by atoms with E-state index in [-0.39, 0.29) is 5.92 Å². The predicted octanol–water partition coefficient (Wildman–Crippen LogP) is 5.45. The quantitative estimate of drug-likeness (QED) is 0.444. The normalized spacial score (nSPS) is 15.6. The molecule has 0 spiro atoms. The van der Waals surface area contributed by atoms with Crippen LogP contribution in [-0.2, 0) is 5.60 Å². The van der Waals surface area contributed by atoms with Gasteiger partial charge in [0, 0.05) is 5.92 Å². The van der Waals surface area contributed by atoms with E-state index in [0.717, 1.165) is 12.0 Å². The van der Waals surface area contributed by atoms with Crippen LogP contribution in [0.15, 0.2) is 43.0 Å². The van der Waals surface area contributed by atoms with Crippen molar-refractivity contribution < 1.29 is 5.11 Å². The monoisotopic (exact) mass is 274 g/mol. The molecule has 1 rings (SSSR count). The number of hydrogen-bond donors (Lipinski definition) is 1. The lowest BCUT2D eigenvalue weighted by atomic mass is 9.80. The lowest BCUT2D eigenvalue weighted by Gasteiger charge is -2.31. The molecule has 0 heterocycles. The lowest BCUT2D eigenvalue weighted by Crippen LogP contribution is -2.30. The summed E-state index contributed by atoms with van der Waals surface area (Å²) in [6.07, 6.45) is 10.6. The van der Waals surface area contributed by atoms with E-state index in [4.69, 9.17) is 0 Å². The van der Waals surface area contributed by atoms with Crippen molar-refractivity contribution in [2.45, 2.75) is 64.4 Å². The Labute approximate surface area is 124 Å². The Morgan fingerprint density at radius 1 is 1.10 bits per heavy atom. The maximum atomic E-state index is 10.8. The highest BCUT2D eigenvalue weighted by molar-refractivity contribution is 5.23. The molecule has 2 unspecified atom stereocenters. The molecule has 0 aliphatic rings. The first kappa shape index (κ1) is 17.0. The van der Waals surface area contributed by atoms with E-state index in [1.54, 1.807) is 0 Å².